The van der Waals surface area contributed by atoms with E-state index in [9.17, 15) is 9.59 Å². The Bertz CT molecular complexity index is 1240. The van der Waals surface area contributed by atoms with E-state index in [0.717, 1.165) is 42.3 Å². The van der Waals surface area contributed by atoms with Crippen LogP contribution in [0.3, 0.4) is 0 Å². The zero-order valence-electron chi connectivity index (χ0n) is 22.3. The molecule has 2 aromatic heterocycles. The minimum absolute atomic E-state index is 0.0219. The van der Waals surface area contributed by atoms with Crippen molar-refractivity contribution in [2.24, 2.45) is 7.05 Å². The van der Waals surface area contributed by atoms with Gasteiger partial charge in [-0.1, -0.05) is 0 Å². The highest BCUT2D eigenvalue weighted by Gasteiger charge is 2.28. The lowest BCUT2D eigenvalue weighted by Crippen LogP contribution is -2.47. The lowest BCUT2D eigenvalue weighted by atomic mass is 9.98. The Hall–Kier alpha value is -3.39. The van der Waals surface area contributed by atoms with Gasteiger partial charge in [0.15, 0.2) is 0 Å². The van der Waals surface area contributed by atoms with Gasteiger partial charge in [0.05, 0.1) is 12.1 Å². The molecule has 1 aromatic carbocycles. The maximum absolute atomic E-state index is 12.4. The molecule has 37 heavy (non-hydrogen) atoms. The summed E-state index contributed by atoms with van der Waals surface area (Å²) in [5.41, 5.74) is 1.59. The molecule has 4 rings (SSSR count). The molecule has 0 aliphatic carbocycles. The number of benzene rings is 1. The predicted molar refractivity (Wildman–Crippen MR) is 145 cm³/mol. The van der Waals surface area contributed by atoms with Gasteiger partial charge < -0.3 is 24.3 Å². The molecule has 1 saturated heterocycles. The lowest BCUT2D eigenvalue weighted by Gasteiger charge is -2.35. The monoisotopic (exact) mass is 506 g/mol. The van der Waals surface area contributed by atoms with Gasteiger partial charge in [-0.15, -0.1) is 0 Å². The Morgan fingerprint density at radius 3 is 2.54 bits per heavy atom. The van der Waals surface area contributed by atoms with Crippen molar-refractivity contribution in [1.29, 1.82) is 0 Å². The predicted octanol–water partition coefficient (Wildman–Crippen LogP) is 4.82. The summed E-state index contributed by atoms with van der Waals surface area (Å²) in [6.07, 6.45) is 6.99. The van der Waals surface area contributed by atoms with Crippen LogP contribution in [0.1, 0.15) is 58.1 Å². The summed E-state index contributed by atoms with van der Waals surface area (Å²) in [6.45, 7) is 7.65. The van der Waals surface area contributed by atoms with Crippen molar-refractivity contribution in [3.8, 4) is 5.75 Å². The lowest BCUT2D eigenvalue weighted by molar-refractivity contribution is 0.0195. The number of hydrogen-bond donors (Lipinski definition) is 1. The number of rotatable bonds is 8. The Morgan fingerprint density at radius 1 is 1.11 bits per heavy atom. The fraction of sp³-hybridized carbons (Fsp3) is 0.483. The van der Waals surface area contributed by atoms with Crippen LogP contribution in [0.2, 0.25) is 0 Å². The first-order valence-electron chi connectivity index (χ1n) is 13.1. The number of likely N-dealkylation sites (tertiary alicyclic amines) is 1. The number of piperidine rings is 1. The molecule has 0 saturated carbocycles. The van der Waals surface area contributed by atoms with E-state index in [1.165, 1.54) is 5.56 Å². The zero-order valence-corrected chi connectivity index (χ0v) is 22.3. The standard InChI is InChI=1S/C29H38N4O4/c1-29(2,3)37-28(35)33-17-13-23(14-18-33)31-25(21-11-15-30-16-12-21)6-5-19-36-24-8-9-26-22(20-24)7-10-27(34)32(26)4/h7-12,15-16,20,23,25,31H,5-6,13-14,17-19H2,1-4H3. The number of pyridine rings is 2. The Balaban J connectivity index is 1.30. The minimum atomic E-state index is -0.480. The maximum atomic E-state index is 12.4. The van der Waals surface area contributed by atoms with Crippen molar-refractivity contribution in [3.63, 3.8) is 0 Å². The summed E-state index contributed by atoms with van der Waals surface area (Å²) in [5, 5.41) is 4.80. The molecule has 3 heterocycles. The van der Waals surface area contributed by atoms with Crippen molar-refractivity contribution in [2.45, 2.75) is 64.1 Å². The summed E-state index contributed by atoms with van der Waals surface area (Å²) < 4.78 is 13.2. The molecule has 1 fully saturated rings. The second-order valence-electron chi connectivity index (χ2n) is 10.7. The molecule has 8 nitrogen and oxygen atoms in total. The van der Waals surface area contributed by atoms with Crippen LogP contribution in [0, 0.1) is 0 Å². The van der Waals surface area contributed by atoms with E-state index in [1.54, 1.807) is 22.6 Å². The third-order valence-corrected chi connectivity index (χ3v) is 6.69. The van der Waals surface area contributed by atoms with Gasteiger partial charge in [-0.3, -0.25) is 9.78 Å². The number of hydrogen-bond acceptors (Lipinski definition) is 6. The van der Waals surface area contributed by atoms with Crippen LogP contribution in [0.5, 0.6) is 5.75 Å². The molecule has 1 N–H and O–H groups in total. The van der Waals surface area contributed by atoms with Crippen LogP contribution in [-0.2, 0) is 11.8 Å². The topological polar surface area (TPSA) is 85.7 Å². The first-order chi connectivity index (χ1) is 17.7. The van der Waals surface area contributed by atoms with Crippen LogP contribution in [-0.4, -0.2) is 51.9 Å². The van der Waals surface area contributed by atoms with Crippen molar-refractivity contribution < 1.29 is 14.3 Å². The fourth-order valence-electron chi connectivity index (χ4n) is 4.71. The summed E-state index contributed by atoms with van der Waals surface area (Å²) in [5.74, 6) is 0.800. The molecule has 0 radical (unpaired) electrons. The van der Waals surface area contributed by atoms with Crippen LogP contribution in [0.15, 0.2) is 59.7 Å². The molecule has 1 atom stereocenters. The molecule has 0 bridgehead atoms. The summed E-state index contributed by atoms with van der Waals surface area (Å²) in [6, 6.07) is 13.9. The highest BCUT2D eigenvalue weighted by Crippen LogP contribution is 2.24. The highest BCUT2D eigenvalue weighted by molar-refractivity contribution is 5.80. The first kappa shape index (κ1) is 26.7. The second kappa shape index (κ2) is 11.8. The molecular weight excluding hydrogens is 468 g/mol. The Morgan fingerprint density at radius 2 is 1.84 bits per heavy atom. The van der Waals surface area contributed by atoms with Crippen LogP contribution >= 0.6 is 0 Å². The van der Waals surface area contributed by atoms with Crippen molar-refractivity contribution in [1.82, 2.24) is 19.8 Å². The first-order valence-corrected chi connectivity index (χ1v) is 13.1. The number of amides is 1. The Labute approximate surface area is 218 Å². The quantitative estimate of drug-likeness (QED) is 0.441. The van der Waals surface area contributed by atoms with E-state index in [0.29, 0.717) is 25.7 Å². The van der Waals surface area contributed by atoms with Gasteiger partial charge in [0.25, 0.3) is 5.56 Å². The van der Waals surface area contributed by atoms with Crippen LogP contribution in [0.4, 0.5) is 4.79 Å². The number of carbonyl (C=O) groups excluding carboxylic acids is 1. The smallest absolute Gasteiger partial charge is 0.410 e. The van der Waals surface area contributed by atoms with Crippen molar-refractivity contribution in [3.05, 3.63) is 70.8 Å². The third kappa shape index (κ3) is 7.32. The molecule has 198 valence electrons. The van der Waals surface area contributed by atoms with Gasteiger partial charge in [-0.2, -0.15) is 0 Å². The normalized spacial score (nSPS) is 15.5. The van der Waals surface area contributed by atoms with E-state index in [-0.39, 0.29) is 17.7 Å². The molecule has 3 aromatic rings. The number of nitrogens with one attached hydrogen (secondary N) is 1. The molecule has 8 heteroatoms. The third-order valence-electron chi connectivity index (χ3n) is 6.69. The van der Waals surface area contributed by atoms with Gasteiger partial charge in [-0.05, 0) is 88.4 Å². The van der Waals surface area contributed by atoms with Gasteiger partial charge in [0.1, 0.15) is 11.4 Å². The maximum Gasteiger partial charge on any atom is 0.410 e. The SMILES string of the molecule is Cn1c(=O)ccc2cc(OCCCC(NC3CCN(C(=O)OC(C)(C)C)CC3)c3ccncc3)ccc21. The van der Waals surface area contributed by atoms with Crippen molar-refractivity contribution in [2.75, 3.05) is 19.7 Å². The zero-order chi connectivity index (χ0) is 26.4. The van der Waals surface area contributed by atoms with E-state index in [1.807, 2.05) is 57.4 Å². The molecule has 1 unspecified atom stereocenters. The number of aryl methyl sites for hydroxylation is 1. The molecule has 1 aliphatic heterocycles. The number of fused-ring (bicyclic) bond motifs is 1. The van der Waals surface area contributed by atoms with Crippen molar-refractivity contribution >= 4 is 17.0 Å². The summed E-state index contributed by atoms with van der Waals surface area (Å²) in [7, 11) is 1.78. The average Bonchev–Trinajstić information content (AvgIpc) is 2.88. The number of nitrogens with zero attached hydrogens (tertiary/aromatic N) is 3. The second-order valence-corrected chi connectivity index (χ2v) is 10.7. The highest BCUT2D eigenvalue weighted by atomic mass is 16.6. The van der Waals surface area contributed by atoms with Crippen LogP contribution < -0.4 is 15.6 Å². The molecular formula is C29H38N4O4. The molecule has 0 spiro atoms. The van der Waals surface area contributed by atoms with Gasteiger partial charge in [0, 0.05) is 56.1 Å². The average molecular weight is 507 g/mol. The fourth-order valence-corrected chi connectivity index (χ4v) is 4.71. The number of aromatic nitrogens is 2. The summed E-state index contributed by atoms with van der Waals surface area (Å²) >= 11 is 0. The largest absolute Gasteiger partial charge is 0.494 e. The van der Waals surface area contributed by atoms with Gasteiger partial charge >= 0.3 is 6.09 Å². The van der Waals surface area contributed by atoms with E-state index in [4.69, 9.17) is 9.47 Å². The van der Waals surface area contributed by atoms with E-state index < -0.39 is 5.60 Å². The number of ether oxygens (including phenoxy) is 2. The van der Waals surface area contributed by atoms with Gasteiger partial charge in [0.2, 0.25) is 0 Å². The Kier molecular flexibility index (Phi) is 8.48. The van der Waals surface area contributed by atoms with Gasteiger partial charge in [-0.25, -0.2) is 4.79 Å². The molecule has 1 amide bonds. The van der Waals surface area contributed by atoms with Crippen LogP contribution in [0.25, 0.3) is 10.9 Å². The minimum Gasteiger partial charge on any atom is -0.494 e. The number of carbonyl (C=O) groups is 1. The summed E-state index contributed by atoms with van der Waals surface area (Å²) in [4.78, 5) is 30.2. The molecule has 1 aliphatic rings. The van der Waals surface area contributed by atoms with E-state index in [2.05, 4.69) is 22.4 Å². The van der Waals surface area contributed by atoms with E-state index >= 15 is 0 Å².